The fourth-order valence-corrected chi connectivity index (χ4v) is 4.23. The van der Waals surface area contributed by atoms with Crippen LogP contribution in [0.1, 0.15) is 23.2 Å². The van der Waals surface area contributed by atoms with Gasteiger partial charge in [0.25, 0.3) is 0 Å². The topological polar surface area (TPSA) is 73.3 Å². The van der Waals surface area contributed by atoms with Gasteiger partial charge in [0.15, 0.2) is 11.3 Å². The van der Waals surface area contributed by atoms with Gasteiger partial charge in [-0.1, -0.05) is 17.7 Å². The van der Waals surface area contributed by atoms with Crippen molar-refractivity contribution < 1.29 is 9.15 Å². The van der Waals surface area contributed by atoms with Gasteiger partial charge < -0.3 is 20.2 Å². The number of rotatable bonds is 4. The Labute approximate surface area is 156 Å². The molecule has 0 aromatic carbocycles. The standard InChI is InChI=1S/C16H15BrClN3O2S/c17-12-13-15(23-16(12)14-9(19)3-4-22-14)10(6-11(18)21-13)20-7-8-2-1-5-24-8/h1-2,5-6,9,14H,3-4,7,19H2,(H,20,21)/t9-,14-/m0/s1. The first-order valence-electron chi connectivity index (χ1n) is 7.55. The molecule has 24 heavy (non-hydrogen) atoms. The lowest BCUT2D eigenvalue weighted by atomic mass is 10.1. The molecule has 0 amide bonds. The predicted octanol–water partition coefficient (Wildman–Crippen LogP) is 4.71. The molecule has 8 heteroatoms. The Morgan fingerprint density at radius 3 is 3.08 bits per heavy atom. The molecule has 4 heterocycles. The molecule has 0 unspecified atom stereocenters. The summed E-state index contributed by atoms with van der Waals surface area (Å²) in [5.74, 6) is 0.670. The van der Waals surface area contributed by atoms with Gasteiger partial charge in [-0.25, -0.2) is 4.98 Å². The number of pyridine rings is 1. The van der Waals surface area contributed by atoms with Crippen LogP contribution in [-0.4, -0.2) is 17.6 Å². The Bertz CT molecular complexity index is 868. The van der Waals surface area contributed by atoms with Crippen LogP contribution >= 0.6 is 38.9 Å². The van der Waals surface area contributed by atoms with E-state index in [1.807, 2.05) is 11.4 Å². The summed E-state index contributed by atoms with van der Waals surface area (Å²) in [6.45, 7) is 1.33. The monoisotopic (exact) mass is 427 g/mol. The van der Waals surface area contributed by atoms with Crippen LogP contribution in [0.5, 0.6) is 0 Å². The Balaban J connectivity index is 1.73. The maximum atomic E-state index is 6.19. The SMILES string of the molecule is N[C@H]1CCO[C@@H]1c1oc2c(NCc3cccs3)cc(Cl)nc2c1Br. The van der Waals surface area contributed by atoms with E-state index in [4.69, 9.17) is 26.5 Å². The molecule has 1 aliphatic rings. The second kappa shape index (κ2) is 6.65. The van der Waals surface area contributed by atoms with Gasteiger partial charge in [0.2, 0.25) is 0 Å². The zero-order chi connectivity index (χ0) is 16.7. The van der Waals surface area contributed by atoms with Crippen LogP contribution in [0, 0.1) is 0 Å². The molecular weight excluding hydrogens is 414 g/mol. The molecule has 0 saturated carbocycles. The Kier molecular flexibility index (Phi) is 4.53. The zero-order valence-electron chi connectivity index (χ0n) is 12.6. The van der Waals surface area contributed by atoms with Crippen molar-refractivity contribution in [3.05, 3.63) is 43.8 Å². The highest BCUT2D eigenvalue weighted by Gasteiger charge is 2.33. The minimum atomic E-state index is -0.266. The number of thiophene rings is 1. The van der Waals surface area contributed by atoms with E-state index in [1.54, 1.807) is 17.4 Å². The van der Waals surface area contributed by atoms with E-state index in [0.717, 1.165) is 16.6 Å². The smallest absolute Gasteiger partial charge is 0.177 e. The number of nitrogens with zero attached hydrogens (tertiary/aromatic N) is 1. The van der Waals surface area contributed by atoms with E-state index in [0.29, 0.717) is 35.2 Å². The van der Waals surface area contributed by atoms with Gasteiger partial charge in [0.1, 0.15) is 16.8 Å². The van der Waals surface area contributed by atoms with Gasteiger partial charge in [-0.05, 0) is 33.8 Å². The second-order valence-corrected chi connectivity index (χ2v) is 7.84. The fraction of sp³-hybridized carbons (Fsp3) is 0.312. The molecule has 126 valence electrons. The molecule has 1 saturated heterocycles. The molecule has 1 fully saturated rings. The van der Waals surface area contributed by atoms with E-state index >= 15 is 0 Å². The first-order valence-corrected chi connectivity index (χ1v) is 9.60. The number of furan rings is 1. The first-order chi connectivity index (χ1) is 11.6. The van der Waals surface area contributed by atoms with Crippen LogP contribution in [-0.2, 0) is 11.3 Å². The molecule has 0 aliphatic carbocycles. The molecule has 3 aromatic heterocycles. The summed E-state index contributed by atoms with van der Waals surface area (Å²) in [4.78, 5) is 5.61. The average molecular weight is 429 g/mol. The van der Waals surface area contributed by atoms with Crippen molar-refractivity contribution >= 4 is 55.7 Å². The number of fused-ring (bicyclic) bond motifs is 1. The summed E-state index contributed by atoms with van der Waals surface area (Å²) in [6.07, 6.45) is 0.545. The molecule has 3 aromatic rings. The Morgan fingerprint density at radius 1 is 1.50 bits per heavy atom. The fourth-order valence-electron chi connectivity index (χ4n) is 2.81. The Hall–Kier alpha value is -1.12. The van der Waals surface area contributed by atoms with Crippen molar-refractivity contribution in [3.8, 4) is 0 Å². The molecule has 4 rings (SSSR count). The maximum Gasteiger partial charge on any atom is 0.177 e. The number of nitrogens with one attached hydrogen (secondary N) is 1. The summed E-state index contributed by atoms with van der Waals surface area (Å²) in [6, 6.07) is 5.79. The molecule has 5 nitrogen and oxygen atoms in total. The van der Waals surface area contributed by atoms with Crippen LogP contribution in [0.3, 0.4) is 0 Å². The van der Waals surface area contributed by atoms with Crippen LogP contribution in [0.4, 0.5) is 5.69 Å². The molecule has 0 bridgehead atoms. The van der Waals surface area contributed by atoms with E-state index in [1.165, 1.54) is 4.88 Å². The Morgan fingerprint density at radius 2 is 2.38 bits per heavy atom. The van der Waals surface area contributed by atoms with Gasteiger partial charge in [-0.2, -0.15) is 0 Å². The van der Waals surface area contributed by atoms with Crippen LogP contribution in [0.2, 0.25) is 5.15 Å². The quantitative estimate of drug-likeness (QED) is 0.589. The number of ether oxygens (including phenoxy) is 1. The zero-order valence-corrected chi connectivity index (χ0v) is 15.7. The number of anilines is 1. The van der Waals surface area contributed by atoms with Gasteiger partial charge in [0.05, 0.1) is 10.2 Å². The third-order valence-electron chi connectivity index (χ3n) is 4.01. The van der Waals surface area contributed by atoms with Crippen molar-refractivity contribution in [2.75, 3.05) is 11.9 Å². The highest BCUT2D eigenvalue weighted by molar-refractivity contribution is 9.10. The number of aromatic nitrogens is 1. The van der Waals surface area contributed by atoms with Crippen molar-refractivity contribution in [2.45, 2.75) is 25.1 Å². The first kappa shape index (κ1) is 16.4. The lowest BCUT2D eigenvalue weighted by molar-refractivity contribution is 0.0874. The summed E-state index contributed by atoms with van der Waals surface area (Å²) in [5, 5.41) is 5.82. The lowest BCUT2D eigenvalue weighted by Gasteiger charge is -2.11. The molecule has 2 atom stereocenters. The molecule has 1 aliphatic heterocycles. The highest BCUT2D eigenvalue weighted by atomic mass is 79.9. The molecule has 0 spiro atoms. The van der Waals surface area contributed by atoms with Gasteiger partial charge in [0, 0.05) is 30.1 Å². The lowest BCUT2D eigenvalue weighted by Crippen LogP contribution is -2.23. The van der Waals surface area contributed by atoms with Crippen molar-refractivity contribution in [2.24, 2.45) is 5.73 Å². The van der Waals surface area contributed by atoms with E-state index in [9.17, 15) is 0 Å². The molecule has 0 radical (unpaired) electrons. The van der Waals surface area contributed by atoms with Crippen molar-refractivity contribution in [3.63, 3.8) is 0 Å². The van der Waals surface area contributed by atoms with Crippen LogP contribution in [0.25, 0.3) is 11.1 Å². The molecule has 3 N–H and O–H groups in total. The summed E-state index contributed by atoms with van der Waals surface area (Å²) in [7, 11) is 0. The summed E-state index contributed by atoms with van der Waals surface area (Å²) < 4.78 is 12.6. The molecular formula is C16H15BrClN3O2S. The average Bonchev–Trinajstić information content (AvgIpc) is 3.27. The van der Waals surface area contributed by atoms with Gasteiger partial charge in [-0.15, -0.1) is 11.3 Å². The van der Waals surface area contributed by atoms with E-state index in [2.05, 4.69) is 32.3 Å². The van der Waals surface area contributed by atoms with E-state index in [-0.39, 0.29) is 12.1 Å². The number of halogens is 2. The predicted molar refractivity (Wildman–Crippen MR) is 99.7 cm³/mol. The highest BCUT2D eigenvalue weighted by Crippen LogP contribution is 2.41. The van der Waals surface area contributed by atoms with Crippen molar-refractivity contribution in [1.29, 1.82) is 0 Å². The van der Waals surface area contributed by atoms with Crippen molar-refractivity contribution in [1.82, 2.24) is 4.98 Å². The van der Waals surface area contributed by atoms with Gasteiger partial charge >= 0.3 is 0 Å². The number of hydrogen-bond acceptors (Lipinski definition) is 6. The van der Waals surface area contributed by atoms with Gasteiger partial charge in [-0.3, -0.25) is 0 Å². The maximum absolute atomic E-state index is 6.19. The van der Waals surface area contributed by atoms with Crippen LogP contribution in [0.15, 0.2) is 32.5 Å². The minimum absolute atomic E-state index is 0.0835. The minimum Gasteiger partial charge on any atom is -0.453 e. The second-order valence-electron chi connectivity index (χ2n) is 5.63. The summed E-state index contributed by atoms with van der Waals surface area (Å²) in [5.41, 5.74) is 8.26. The third kappa shape index (κ3) is 2.95. The number of nitrogens with two attached hydrogens (primary N) is 1. The largest absolute Gasteiger partial charge is 0.453 e. The summed E-state index contributed by atoms with van der Waals surface area (Å²) >= 11 is 11.5. The van der Waals surface area contributed by atoms with Crippen LogP contribution < -0.4 is 11.1 Å². The van der Waals surface area contributed by atoms with E-state index < -0.39 is 0 Å². The number of hydrogen-bond donors (Lipinski definition) is 2. The third-order valence-corrected chi connectivity index (χ3v) is 5.84. The normalized spacial score (nSPS) is 20.8.